The van der Waals surface area contributed by atoms with Gasteiger partial charge in [-0.2, -0.15) is 0 Å². The maximum Gasteiger partial charge on any atom is 0.271 e. The molecular formula is C17H14N2O4S. The van der Waals surface area contributed by atoms with Crippen molar-refractivity contribution in [2.45, 2.75) is 0 Å². The number of benzene rings is 2. The lowest BCUT2D eigenvalue weighted by Crippen LogP contribution is -1.90. The van der Waals surface area contributed by atoms with Crippen LogP contribution >= 0.6 is 11.3 Å². The number of methoxy groups -OCH3 is 2. The van der Waals surface area contributed by atoms with Crippen molar-refractivity contribution in [1.82, 2.24) is 4.98 Å². The molecule has 0 bridgehead atoms. The number of ether oxygens (including phenoxy) is 2. The molecular weight excluding hydrogens is 328 g/mol. The smallest absolute Gasteiger partial charge is 0.271 e. The van der Waals surface area contributed by atoms with Crippen molar-refractivity contribution in [2.24, 2.45) is 0 Å². The number of rotatable bonds is 5. The maximum atomic E-state index is 10.8. The van der Waals surface area contributed by atoms with E-state index in [4.69, 9.17) is 9.47 Å². The minimum Gasteiger partial charge on any atom is -0.493 e. The van der Waals surface area contributed by atoms with E-state index in [2.05, 4.69) is 4.98 Å². The van der Waals surface area contributed by atoms with Gasteiger partial charge in [-0.25, -0.2) is 4.98 Å². The molecule has 0 aliphatic carbocycles. The molecule has 122 valence electrons. The highest BCUT2D eigenvalue weighted by Crippen LogP contribution is 2.30. The zero-order chi connectivity index (χ0) is 17.1. The van der Waals surface area contributed by atoms with Crippen molar-refractivity contribution in [1.29, 1.82) is 0 Å². The molecule has 3 aromatic rings. The summed E-state index contributed by atoms with van der Waals surface area (Å²) in [6.07, 6.45) is 3.78. The molecule has 0 saturated heterocycles. The molecule has 0 amide bonds. The zero-order valence-corrected chi connectivity index (χ0v) is 13.9. The topological polar surface area (TPSA) is 74.5 Å². The second-order valence-electron chi connectivity index (χ2n) is 4.91. The Bertz CT molecular complexity index is 933. The molecule has 0 atom stereocenters. The van der Waals surface area contributed by atoms with Gasteiger partial charge in [0, 0.05) is 12.1 Å². The fraction of sp³-hybridized carbons (Fsp3) is 0.118. The SMILES string of the molecule is COc1ccc(/C=C/c2nc3cc([N+](=O)[O-])ccc3s2)cc1OC. The minimum atomic E-state index is -0.419. The van der Waals surface area contributed by atoms with E-state index in [0.29, 0.717) is 17.0 Å². The van der Waals surface area contributed by atoms with Crippen molar-refractivity contribution in [3.63, 3.8) is 0 Å². The molecule has 0 fully saturated rings. The number of nitro benzene ring substituents is 1. The van der Waals surface area contributed by atoms with Crippen LogP contribution in [0.3, 0.4) is 0 Å². The van der Waals surface area contributed by atoms with Gasteiger partial charge in [0.1, 0.15) is 5.01 Å². The van der Waals surface area contributed by atoms with Crippen molar-refractivity contribution >= 4 is 39.4 Å². The predicted molar refractivity (Wildman–Crippen MR) is 94.7 cm³/mol. The largest absolute Gasteiger partial charge is 0.493 e. The van der Waals surface area contributed by atoms with E-state index < -0.39 is 4.92 Å². The molecule has 7 heteroatoms. The molecule has 2 aromatic carbocycles. The normalized spacial score (nSPS) is 11.1. The van der Waals surface area contributed by atoms with Crippen LogP contribution < -0.4 is 9.47 Å². The third kappa shape index (κ3) is 3.21. The number of hydrogen-bond donors (Lipinski definition) is 0. The first kappa shape index (κ1) is 15.9. The summed E-state index contributed by atoms with van der Waals surface area (Å²) in [5.41, 5.74) is 1.61. The Hall–Kier alpha value is -2.93. The molecule has 0 spiro atoms. The van der Waals surface area contributed by atoms with Crippen molar-refractivity contribution < 1.29 is 14.4 Å². The van der Waals surface area contributed by atoms with Crippen LogP contribution in [0.5, 0.6) is 11.5 Å². The fourth-order valence-electron chi connectivity index (χ4n) is 2.24. The Morgan fingerprint density at radius 1 is 1.08 bits per heavy atom. The second-order valence-corrected chi connectivity index (χ2v) is 5.97. The van der Waals surface area contributed by atoms with Gasteiger partial charge in [0.05, 0.1) is 29.4 Å². The van der Waals surface area contributed by atoms with E-state index >= 15 is 0 Å². The molecule has 0 aliphatic heterocycles. The maximum absolute atomic E-state index is 10.8. The molecule has 1 heterocycles. The monoisotopic (exact) mass is 342 g/mol. The number of aromatic nitrogens is 1. The second kappa shape index (κ2) is 6.67. The first-order valence-electron chi connectivity index (χ1n) is 7.06. The summed E-state index contributed by atoms with van der Waals surface area (Å²) in [5.74, 6) is 1.32. The van der Waals surface area contributed by atoms with Crippen LogP contribution in [-0.2, 0) is 0 Å². The Morgan fingerprint density at radius 2 is 1.88 bits per heavy atom. The van der Waals surface area contributed by atoms with Gasteiger partial charge in [-0.15, -0.1) is 11.3 Å². The van der Waals surface area contributed by atoms with Crippen LogP contribution in [0, 0.1) is 10.1 Å². The van der Waals surface area contributed by atoms with Crippen molar-refractivity contribution in [2.75, 3.05) is 14.2 Å². The standard InChI is InChI=1S/C17H14N2O4S/c1-22-14-6-3-11(9-15(14)23-2)4-8-17-18-13-10-12(19(20)21)5-7-16(13)24-17/h3-10H,1-2H3/b8-4+. The highest BCUT2D eigenvalue weighted by atomic mass is 32.1. The molecule has 3 rings (SSSR count). The van der Waals surface area contributed by atoms with Gasteiger partial charge in [-0.1, -0.05) is 12.1 Å². The average molecular weight is 342 g/mol. The zero-order valence-electron chi connectivity index (χ0n) is 13.1. The summed E-state index contributed by atoms with van der Waals surface area (Å²) in [5, 5.41) is 11.6. The van der Waals surface area contributed by atoms with Gasteiger partial charge < -0.3 is 9.47 Å². The first-order valence-corrected chi connectivity index (χ1v) is 7.87. The number of nitro groups is 1. The fourth-order valence-corrected chi connectivity index (χ4v) is 3.09. The lowest BCUT2D eigenvalue weighted by atomic mass is 10.2. The molecule has 0 aliphatic rings. The molecule has 24 heavy (non-hydrogen) atoms. The molecule has 1 aromatic heterocycles. The Kier molecular flexibility index (Phi) is 4.43. The summed E-state index contributed by atoms with van der Waals surface area (Å²) in [6, 6.07) is 10.3. The van der Waals surface area contributed by atoms with E-state index in [-0.39, 0.29) is 5.69 Å². The number of hydrogen-bond acceptors (Lipinski definition) is 6. The summed E-state index contributed by atoms with van der Waals surface area (Å²) in [7, 11) is 3.18. The minimum absolute atomic E-state index is 0.0446. The Balaban J connectivity index is 1.89. The number of non-ortho nitro benzene ring substituents is 1. The molecule has 0 saturated carbocycles. The van der Waals surface area contributed by atoms with Gasteiger partial charge in [-0.3, -0.25) is 10.1 Å². The molecule has 0 N–H and O–H groups in total. The number of fused-ring (bicyclic) bond motifs is 1. The Morgan fingerprint density at radius 3 is 2.58 bits per heavy atom. The summed E-state index contributed by atoms with van der Waals surface area (Å²) < 4.78 is 11.4. The highest BCUT2D eigenvalue weighted by molar-refractivity contribution is 7.19. The van der Waals surface area contributed by atoms with E-state index in [1.54, 1.807) is 20.3 Å². The number of thiazole rings is 1. The van der Waals surface area contributed by atoms with E-state index in [1.807, 2.05) is 30.4 Å². The Labute approximate surface area is 142 Å². The predicted octanol–water partition coefficient (Wildman–Crippen LogP) is 4.39. The van der Waals surface area contributed by atoms with Crippen molar-refractivity contribution in [3.05, 3.63) is 57.1 Å². The average Bonchev–Trinajstić information content (AvgIpc) is 3.01. The van der Waals surface area contributed by atoms with Gasteiger partial charge in [-0.05, 0) is 29.8 Å². The van der Waals surface area contributed by atoms with Crippen molar-refractivity contribution in [3.8, 4) is 11.5 Å². The summed E-state index contributed by atoms with van der Waals surface area (Å²) >= 11 is 1.48. The third-order valence-electron chi connectivity index (χ3n) is 3.42. The van der Waals surface area contributed by atoms with Crippen LogP contribution in [0.4, 0.5) is 5.69 Å². The lowest BCUT2D eigenvalue weighted by molar-refractivity contribution is -0.384. The molecule has 6 nitrogen and oxygen atoms in total. The van der Waals surface area contributed by atoms with Crippen LogP contribution in [0.25, 0.3) is 22.4 Å². The highest BCUT2D eigenvalue weighted by Gasteiger charge is 2.09. The molecule has 0 radical (unpaired) electrons. The third-order valence-corrected chi connectivity index (χ3v) is 4.43. The summed E-state index contributed by atoms with van der Waals surface area (Å²) in [4.78, 5) is 14.8. The molecule has 0 unspecified atom stereocenters. The van der Waals surface area contributed by atoms with Crippen LogP contribution in [0.1, 0.15) is 10.6 Å². The van der Waals surface area contributed by atoms with E-state index in [0.717, 1.165) is 15.3 Å². The first-order chi connectivity index (χ1) is 11.6. The van der Waals surface area contributed by atoms with Crippen LogP contribution in [-0.4, -0.2) is 24.1 Å². The quantitative estimate of drug-likeness (QED) is 0.508. The van der Waals surface area contributed by atoms with Gasteiger partial charge in [0.2, 0.25) is 0 Å². The lowest BCUT2D eigenvalue weighted by Gasteiger charge is -2.07. The van der Waals surface area contributed by atoms with E-state index in [1.165, 1.54) is 23.5 Å². The van der Waals surface area contributed by atoms with Crippen LogP contribution in [0.15, 0.2) is 36.4 Å². The van der Waals surface area contributed by atoms with E-state index in [9.17, 15) is 10.1 Å². The van der Waals surface area contributed by atoms with Gasteiger partial charge in [0.25, 0.3) is 5.69 Å². The number of nitrogens with zero attached hydrogens (tertiary/aromatic N) is 2. The summed E-state index contributed by atoms with van der Waals surface area (Å²) in [6.45, 7) is 0. The van der Waals surface area contributed by atoms with Gasteiger partial charge in [0.15, 0.2) is 11.5 Å². The van der Waals surface area contributed by atoms with Crippen LogP contribution in [0.2, 0.25) is 0 Å². The van der Waals surface area contributed by atoms with Gasteiger partial charge >= 0.3 is 0 Å².